The summed E-state index contributed by atoms with van der Waals surface area (Å²) in [4.78, 5) is 64.7. The molecule has 0 spiro atoms. The zero-order chi connectivity index (χ0) is 59.5. The van der Waals surface area contributed by atoms with Crippen LogP contribution in [0.1, 0.15) is 62.4 Å². The monoisotopic (exact) mass is 1140 g/mol. The van der Waals surface area contributed by atoms with Crippen molar-refractivity contribution in [2.75, 3.05) is 65.1 Å². The molecule has 0 bridgehead atoms. The fourth-order valence-corrected chi connectivity index (χ4v) is 8.32. The Hall–Kier alpha value is -7.22. The first kappa shape index (κ1) is 63.6. The second kappa shape index (κ2) is 26.4. The van der Waals surface area contributed by atoms with Crippen LogP contribution in [0.5, 0.6) is 0 Å². The Morgan fingerprint density at radius 1 is 0.838 bits per heavy atom. The quantitative estimate of drug-likeness (QED) is 0.0259. The molecule has 0 unspecified atom stereocenters. The number of anilines is 1. The Morgan fingerprint density at radius 2 is 1.36 bits per heavy atom. The highest BCUT2D eigenvalue weighted by Crippen LogP contribution is 2.42. The van der Waals surface area contributed by atoms with E-state index in [4.69, 9.17) is 10.5 Å². The van der Waals surface area contributed by atoms with Crippen LogP contribution in [0.25, 0.3) is 5.70 Å². The number of methoxy groups -OCH3 is 2. The van der Waals surface area contributed by atoms with Crippen molar-refractivity contribution in [1.29, 1.82) is 0 Å². The van der Waals surface area contributed by atoms with Crippen LogP contribution in [0.2, 0.25) is 0 Å². The molecule has 80 heavy (non-hydrogen) atoms. The summed E-state index contributed by atoms with van der Waals surface area (Å²) in [6.45, 7) is 3.58. The van der Waals surface area contributed by atoms with Crippen molar-refractivity contribution in [3.63, 3.8) is 0 Å². The largest absolute Gasteiger partial charge is 0.453 e. The molecule has 7 N–H and O–H groups in total. The van der Waals surface area contributed by atoms with E-state index in [2.05, 4.69) is 53.3 Å². The number of aliphatic imine (C=N–C) groups is 1. The fraction of sp³-hybridized carbons (Fsp3) is 0.500. The number of carbonyl (C=O) groups excluding carboxylic acids is 4. The first-order valence-electron chi connectivity index (χ1n) is 24.6. The van der Waals surface area contributed by atoms with Gasteiger partial charge in [0.05, 0.1) is 55.9 Å². The number of hydrogen-bond donors (Lipinski definition) is 6. The molecular weight excluding hydrogens is 1080 g/mol. The molecule has 4 atom stereocenters. The highest BCUT2D eigenvalue weighted by Gasteiger charge is 2.57. The highest BCUT2D eigenvalue weighted by molar-refractivity contribution is 5.87. The van der Waals surface area contributed by atoms with Gasteiger partial charge in [-0.3, -0.25) is 19.9 Å². The first-order valence-corrected chi connectivity index (χ1v) is 24.6. The number of nitrogens with zero attached hydrogens (tertiary/aromatic N) is 5. The smallest absolute Gasteiger partial charge is 0.407 e. The second-order valence-corrected chi connectivity index (χ2v) is 20.3. The number of benzene rings is 2. The van der Waals surface area contributed by atoms with Gasteiger partial charge in [-0.2, -0.15) is 35.1 Å². The Balaban J connectivity index is 1.50. The van der Waals surface area contributed by atoms with Crippen LogP contribution in [-0.2, 0) is 36.8 Å². The number of alkyl halides is 8. The number of hydrazine groups is 1. The van der Waals surface area contributed by atoms with Gasteiger partial charge in [-0.05, 0) is 89.1 Å². The highest BCUT2D eigenvalue weighted by atomic mass is 19.4. The van der Waals surface area contributed by atoms with Gasteiger partial charge in [0.2, 0.25) is 5.91 Å². The molecule has 3 aromatic rings. The molecule has 0 radical (unpaired) electrons. The van der Waals surface area contributed by atoms with Crippen LogP contribution in [0.4, 0.5) is 59.3 Å². The summed E-state index contributed by atoms with van der Waals surface area (Å²) in [5.41, 5.74) is 1.14. The average molecular weight is 1150 g/mol. The lowest BCUT2D eigenvalue weighted by atomic mass is 9.82. The van der Waals surface area contributed by atoms with E-state index in [9.17, 15) is 59.4 Å². The molecule has 0 saturated carbocycles. The summed E-state index contributed by atoms with van der Waals surface area (Å²) in [7, 11) is 1.59. The molecule has 2 aliphatic heterocycles. The van der Waals surface area contributed by atoms with Gasteiger partial charge in [-0.15, -0.1) is 0 Å². The van der Waals surface area contributed by atoms with E-state index < -0.39 is 126 Å². The molecular formula is C52H62F10N10O8. The molecule has 4 amide bonds. The zero-order valence-corrected chi connectivity index (χ0v) is 44.5. The number of ether oxygens (including phenoxy) is 3. The number of hydrogen-bond acceptors (Lipinski definition) is 14. The summed E-state index contributed by atoms with van der Waals surface area (Å²) < 4.78 is 158. The van der Waals surface area contributed by atoms with Crippen LogP contribution < -0.4 is 32.0 Å². The van der Waals surface area contributed by atoms with Crippen molar-refractivity contribution in [3.8, 4) is 11.8 Å². The minimum atomic E-state index is -5.24. The Kier molecular flexibility index (Phi) is 21.0. The lowest BCUT2D eigenvalue weighted by Crippen LogP contribution is -2.64. The lowest BCUT2D eigenvalue weighted by Gasteiger charge is -2.50. The number of aliphatic hydroxyl groups excluding tert-OH is 1. The first-order chi connectivity index (χ1) is 37.3. The molecule has 28 heteroatoms. The van der Waals surface area contributed by atoms with Crippen molar-refractivity contribution in [1.82, 2.24) is 36.3 Å². The predicted octanol–water partition coefficient (Wildman–Crippen LogP) is 5.81. The Morgan fingerprint density at radius 3 is 1.84 bits per heavy atom. The molecule has 438 valence electrons. The number of allylic oxidation sites excluding steroid dienone is 1. The SMILES string of the molecule is COC(=O)N[C@H](C(=O)N[C@@H](Cc1ccc(C#Cc2ccc(N3CCN(C4(C)COC4)CC3)nc2)cc1)[C@@H](O)CN(Cc1c(F)cc(C(N)=CC=NC(F)F)cc1F)NC(=O)[C@@H](NC(=O)OC)C(C)(C)C(F)(F)F)C(C)(C)C(F)(F)F. The number of amides is 4. The summed E-state index contributed by atoms with van der Waals surface area (Å²) in [6.07, 6.45) is -13.1. The van der Waals surface area contributed by atoms with Crippen LogP contribution in [0, 0.1) is 34.3 Å². The molecule has 2 fully saturated rings. The fourth-order valence-electron chi connectivity index (χ4n) is 8.32. The number of halogens is 10. The van der Waals surface area contributed by atoms with Crippen LogP contribution >= 0.6 is 0 Å². The minimum absolute atomic E-state index is 0.0345. The Labute approximate surface area is 454 Å². The van der Waals surface area contributed by atoms with Crippen molar-refractivity contribution < 1.29 is 82.4 Å². The normalized spacial score (nSPS) is 16.9. The van der Waals surface area contributed by atoms with E-state index in [1.807, 2.05) is 16.8 Å². The van der Waals surface area contributed by atoms with Gasteiger partial charge < -0.3 is 45.9 Å². The van der Waals surface area contributed by atoms with Crippen molar-refractivity contribution in [3.05, 3.63) is 100 Å². The standard InChI is InChI=1S/C52H62F10N10O8/c1-48(2,51(57,58)59)41(67-46(76)78-6)43(74)66-38(22-31-11-8-30(9-12-31)10-13-32-14-15-40(65-25-32)70-18-20-71(21-19-70)50(5)28-80-29-50)39(73)27-72(69-44(75)42(68-47(77)79-7)49(3,4)52(60,61)62)26-34-35(53)23-33(24-36(34)54)37(63)16-17-64-45(55)56/h8-9,11-12,14-17,23-25,38-39,41-42,45,73H,18-22,26-29,63H2,1-7H3,(H,66,74)(H,67,76)(H,68,77)(H,69,75)/t38-,39-,41+,42+/m0/s1. The summed E-state index contributed by atoms with van der Waals surface area (Å²) in [5, 5.41) is 18.4. The average Bonchev–Trinajstić information content (AvgIpc) is 3.40. The molecule has 3 heterocycles. The zero-order valence-electron chi connectivity index (χ0n) is 44.5. The molecule has 2 saturated heterocycles. The van der Waals surface area contributed by atoms with Crippen molar-refractivity contribution >= 4 is 41.7 Å². The van der Waals surface area contributed by atoms with Gasteiger partial charge in [0, 0.05) is 79.6 Å². The van der Waals surface area contributed by atoms with Crippen molar-refractivity contribution in [2.24, 2.45) is 21.6 Å². The van der Waals surface area contributed by atoms with Gasteiger partial charge in [0.1, 0.15) is 29.5 Å². The number of pyridine rings is 1. The molecule has 18 nitrogen and oxygen atoms in total. The summed E-state index contributed by atoms with van der Waals surface area (Å²) >= 11 is 0. The number of nitrogens with two attached hydrogens (primary N) is 1. The Bertz CT molecular complexity index is 2750. The third-order valence-electron chi connectivity index (χ3n) is 13.8. The van der Waals surface area contributed by atoms with Crippen LogP contribution in [0.15, 0.2) is 65.8 Å². The third kappa shape index (κ3) is 16.2. The van der Waals surface area contributed by atoms with Gasteiger partial charge in [-0.1, -0.05) is 24.0 Å². The second-order valence-electron chi connectivity index (χ2n) is 20.3. The van der Waals surface area contributed by atoms with Crippen molar-refractivity contribution in [2.45, 2.75) is 96.3 Å². The van der Waals surface area contributed by atoms with E-state index in [1.165, 1.54) is 24.3 Å². The summed E-state index contributed by atoms with van der Waals surface area (Å²) in [5.74, 6) is 0.636. The maximum Gasteiger partial charge on any atom is 0.407 e. The van der Waals surface area contributed by atoms with Gasteiger partial charge in [0.15, 0.2) is 0 Å². The minimum Gasteiger partial charge on any atom is -0.453 e. The van der Waals surface area contributed by atoms with Gasteiger partial charge >= 0.3 is 31.1 Å². The van der Waals surface area contributed by atoms with Gasteiger partial charge in [-0.25, -0.2) is 33.4 Å². The van der Waals surface area contributed by atoms with E-state index in [0.717, 1.165) is 52.3 Å². The predicted molar refractivity (Wildman–Crippen MR) is 271 cm³/mol. The third-order valence-corrected chi connectivity index (χ3v) is 13.8. The van der Waals surface area contributed by atoms with Crippen LogP contribution in [-0.4, -0.2) is 159 Å². The maximum atomic E-state index is 15.9. The number of aliphatic hydroxyl groups is 1. The molecule has 1 aromatic heterocycles. The summed E-state index contributed by atoms with van der Waals surface area (Å²) in [6, 6.07) is 4.10. The molecule has 2 aromatic carbocycles. The molecule has 2 aliphatic rings. The molecule has 0 aliphatic carbocycles. The van der Waals surface area contributed by atoms with E-state index in [1.54, 1.807) is 17.6 Å². The maximum absolute atomic E-state index is 15.9. The number of nitrogens with one attached hydrogen (secondary N) is 4. The topological polar surface area (TPSA) is 225 Å². The number of piperazine rings is 1. The number of rotatable bonds is 20. The van der Waals surface area contributed by atoms with E-state index in [0.29, 0.717) is 75.4 Å². The van der Waals surface area contributed by atoms with E-state index >= 15 is 8.78 Å². The van der Waals surface area contributed by atoms with E-state index in [-0.39, 0.29) is 11.1 Å². The number of carbonyl (C=O) groups is 4. The van der Waals surface area contributed by atoms with Gasteiger partial charge in [0.25, 0.3) is 5.91 Å². The lowest BCUT2D eigenvalue weighted by molar-refractivity contribution is -0.221. The number of alkyl carbamates (subject to hydrolysis) is 2. The molecule has 5 rings (SSSR count). The number of aromatic nitrogens is 1. The van der Waals surface area contributed by atoms with Crippen LogP contribution in [0.3, 0.4) is 0 Å².